The second kappa shape index (κ2) is 5.70. The first-order chi connectivity index (χ1) is 8.61. The van der Waals surface area contributed by atoms with Crippen LogP contribution in [0.1, 0.15) is 38.2 Å². The summed E-state index contributed by atoms with van der Waals surface area (Å²) < 4.78 is 13.2. The first-order valence-corrected chi connectivity index (χ1v) is 6.83. The molecule has 1 aromatic rings. The van der Waals surface area contributed by atoms with Crippen molar-refractivity contribution >= 4 is 5.69 Å². The fourth-order valence-electron chi connectivity index (χ4n) is 2.89. The predicted molar refractivity (Wildman–Crippen MR) is 74.1 cm³/mol. The number of hydrogen-bond donors (Lipinski definition) is 1. The van der Waals surface area contributed by atoms with Crippen molar-refractivity contribution in [1.29, 1.82) is 0 Å². The highest BCUT2D eigenvalue weighted by Crippen LogP contribution is 2.31. The molecule has 1 aliphatic carbocycles. The van der Waals surface area contributed by atoms with Crippen LogP contribution in [0.25, 0.3) is 0 Å². The van der Waals surface area contributed by atoms with E-state index in [4.69, 9.17) is 5.73 Å². The third kappa shape index (κ3) is 2.83. The Bertz CT molecular complexity index is 397. The lowest BCUT2D eigenvalue weighted by atomic mass is 9.86. The molecule has 0 spiro atoms. The van der Waals surface area contributed by atoms with Crippen molar-refractivity contribution in [1.82, 2.24) is 0 Å². The van der Waals surface area contributed by atoms with Crippen LogP contribution in [-0.4, -0.2) is 13.1 Å². The van der Waals surface area contributed by atoms with Crippen LogP contribution in [-0.2, 0) is 6.54 Å². The van der Waals surface area contributed by atoms with Gasteiger partial charge in [0.1, 0.15) is 5.82 Å². The summed E-state index contributed by atoms with van der Waals surface area (Å²) in [5, 5.41) is 0. The topological polar surface area (TPSA) is 29.3 Å². The van der Waals surface area contributed by atoms with Gasteiger partial charge in [0.25, 0.3) is 0 Å². The molecule has 1 fully saturated rings. The Hall–Kier alpha value is -1.09. The Balaban J connectivity index is 2.15. The zero-order valence-corrected chi connectivity index (χ0v) is 11.3. The van der Waals surface area contributed by atoms with E-state index < -0.39 is 0 Å². The molecule has 0 amide bonds. The number of benzene rings is 1. The quantitative estimate of drug-likeness (QED) is 0.892. The Morgan fingerprint density at radius 3 is 2.56 bits per heavy atom. The summed E-state index contributed by atoms with van der Waals surface area (Å²) in [4.78, 5) is 2.29. The van der Waals surface area contributed by atoms with E-state index in [0.717, 1.165) is 17.2 Å². The van der Waals surface area contributed by atoms with Gasteiger partial charge in [-0.25, -0.2) is 4.39 Å². The molecule has 0 unspecified atom stereocenters. The molecule has 3 heteroatoms. The summed E-state index contributed by atoms with van der Waals surface area (Å²) in [5.41, 5.74) is 7.70. The fourth-order valence-corrected chi connectivity index (χ4v) is 2.89. The van der Waals surface area contributed by atoms with Crippen molar-refractivity contribution in [2.24, 2.45) is 11.7 Å². The van der Waals surface area contributed by atoms with Crippen LogP contribution in [0.2, 0.25) is 0 Å². The summed E-state index contributed by atoms with van der Waals surface area (Å²) in [7, 11) is 2.10. The summed E-state index contributed by atoms with van der Waals surface area (Å²) >= 11 is 0. The Labute approximate surface area is 109 Å². The minimum absolute atomic E-state index is 0.204. The molecule has 0 radical (unpaired) electrons. The molecule has 1 aromatic carbocycles. The van der Waals surface area contributed by atoms with Crippen LogP contribution in [0.5, 0.6) is 0 Å². The minimum atomic E-state index is -0.204. The highest BCUT2D eigenvalue weighted by atomic mass is 19.1. The predicted octanol–water partition coefficient (Wildman–Crippen LogP) is 3.30. The lowest BCUT2D eigenvalue weighted by Gasteiger charge is -2.36. The summed E-state index contributed by atoms with van der Waals surface area (Å²) in [6.07, 6.45) is 5.01. The molecule has 18 heavy (non-hydrogen) atoms. The molecule has 1 aliphatic rings. The molecule has 100 valence electrons. The van der Waals surface area contributed by atoms with Gasteiger partial charge in [0.05, 0.1) is 0 Å². The van der Waals surface area contributed by atoms with Gasteiger partial charge in [-0.05, 0) is 55.4 Å². The van der Waals surface area contributed by atoms with Gasteiger partial charge in [0, 0.05) is 25.3 Å². The Morgan fingerprint density at radius 2 is 1.94 bits per heavy atom. The first-order valence-electron chi connectivity index (χ1n) is 6.83. The molecule has 0 heterocycles. The Morgan fingerprint density at radius 1 is 1.28 bits per heavy atom. The Kier molecular flexibility index (Phi) is 4.23. The average Bonchev–Trinajstić information content (AvgIpc) is 2.38. The molecule has 0 atom stereocenters. The second-order valence-corrected chi connectivity index (χ2v) is 5.50. The lowest BCUT2D eigenvalue weighted by Crippen LogP contribution is -2.35. The van der Waals surface area contributed by atoms with Crippen LogP contribution < -0.4 is 10.6 Å². The van der Waals surface area contributed by atoms with E-state index in [1.807, 2.05) is 6.07 Å². The number of nitrogens with two attached hydrogens (primary N) is 1. The van der Waals surface area contributed by atoms with Crippen molar-refractivity contribution in [2.75, 3.05) is 11.9 Å². The monoisotopic (exact) mass is 250 g/mol. The van der Waals surface area contributed by atoms with Crippen LogP contribution in [0, 0.1) is 11.7 Å². The number of nitrogens with zero attached hydrogens (tertiary/aromatic N) is 1. The standard InChI is InChI=1S/C15H23FN2/c1-11-3-6-14(7-4-11)18(2)15-8-5-13(16)9-12(15)10-17/h5,8-9,11,14H,3-4,6-7,10,17H2,1-2H3. The average molecular weight is 250 g/mol. The molecular formula is C15H23FN2. The van der Waals surface area contributed by atoms with Gasteiger partial charge >= 0.3 is 0 Å². The van der Waals surface area contributed by atoms with Crippen LogP contribution >= 0.6 is 0 Å². The lowest BCUT2D eigenvalue weighted by molar-refractivity contribution is 0.340. The van der Waals surface area contributed by atoms with E-state index in [1.165, 1.54) is 31.7 Å². The minimum Gasteiger partial charge on any atom is -0.371 e. The zero-order chi connectivity index (χ0) is 13.1. The molecular weight excluding hydrogens is 227 g/mol. The molecule has 2 rings (SSSR count). The van der Waals surface area contributed by atoms with E-state index in [2.05, 4.69) is 18.9 Å². The van der Waals surface area contributed by atoms with Crippen molar-refractivity contribution in [3.05, 3.63) is 29.6 Å². The van der Waals surface area contributed by atoms with E-state index in [-0.39, 0.29) is 5.82 Å². The van der Waals surface area contributed by atoms with Gasteiger partial charge in [-0.2, -0.15) is 0 Å². The van der Waals surface area contributed by atoms with Crippen molar-refractivity contribution in [3.8, 4) is 0 Å². The van der Waals surface area contributed by atoms with Crippen molar-refractivity contribution < 1.29 is 4.39 Å². The molecule has 0 aliphatic heterocycles. The fraction of sp³-hybridized carbons (Fsp3) is 0.600. The summed E-state index contributed by atoms with van der Waals surface area (Å²) in [6, 6.07) is 5.50. The number of anilines is 1. The first kappa shape index (κ1) is 13.3. The normalized spacial score (nSPS) is 24.0. The van der Waals surface area contributed by atoms with Gasteiger partial charge in [-0.15, -0.1) is 0 Å². The van der Waals surface area contributed by atoms with Gasteiger partial charge in [0.15, 0.2) is 0 Å². The third-order valence-corrected chi connectivity index (χ3v) is 4.17. The number of halogens is 1. The van der Waals surface area contributed by atoms with Gasteiger partial charge in [-0.3, -0.25) is 0 Å². The second-order valence-electron chi connectivity index (χ2n) is 5.50. The molecule has 0 saturated heterocycles. The smallest absolute Gasteiger partial charge is 0.123 e. The van der Waals surface area contributed by atoms with Gasteiger partial charge in [0.2, 0.25) is 0 Å². The molecule has 2 nitrogen and oxygen atoms in total. The van der Waals surface area contributed by atoms with Crippen LogP contribution in [0.3, 0.4) is 0 Å². The maximum absolute atomic E-state index is 13.2. The molecule has 0 bridgehead atoms. The van der Waals surface area contributed by atoms with E-state index in [1.54, 1.807) is 6.07 Å². The van der Waals surface area contributed by atoms with Crippen LogP contribution in [0.4, 0.5) is 10.1 Å². The molecule has 0 aromatic heterocycles. The third-order valence-electron chi connectivity index (χ3n) is 4.17. The van der Waals surface area contributed by atoms with Gasteiger partial charge < -0.3 is 10.6 Å². The largest absolute Gasteiger partial charge is 0.371 e. The SMILES string of the molecule is CC1CCC(N(C)c2ccc(F)cc2CN)CC1. The number of rotatable bonds is 3. The maximum Gasteiger partial charge on any atom is 0.123 e. The summed E-state index contributed by atoms with van der Waals surface area (Å²) in [6.45, 7) is 2.71. The van der Waals surface area contributed by atoms with E-state index in [9.17, 15) is 4.39 Å². The van der Waals surface area contributed by atoms with Crippen molar-refractivity contribution in [3.63, 3.8) is 0 Å². The highest BCUT2D eigenvalue weighted by molar-refractivity contribution is 5.54. The zero-order valence-electron chi connectivity index (χ0n) is 11.3. The van der Waals surface area contributed by atoms with Crippen molar-refractivity contribution in [2.45, 2.75) is 45.2 Å². The number of hydrogen-bond acceptors (Lipinski definition) is 2. The highest BCUT2D eigenvalue weighted by Gasteiger charge is 2.23. The summed E-state index contributed by atoms with van der Waals surface area (Å²) in [5.74, 6) is 0.640. The van der Waals surface area contributed by atoms with Gasteiger partial charge in [-0.1, -0.05) is 6.92 Å². The molecule has 1 saturated carbocycles. The molecule has 2 N–H and O–H groups in total. The van der Waals surface area contributed by atoms with E-state index >= 15 is 0 Å². The maximum atomic E-state index is 13.2. The van der Waals surface area contributed by atoms with Crippen LogP contribution in [0.15, 0.2) is 18.2 Å². The van der Waals surface area contributed by atoms with E-state index in [0.29, 0.717) is 12.6 Å².